The number of rotatable bonds is 12. The molecule has 6 rings (SSSR count). The Morgan fingerprint density at radius 3 is 1.91 bits per heavy atom. The van der Waals surface area contributed by atoms with E-state index in [2.05, 4.69) is 150 Å². The third-order valence-electron chi connectivity index (χ3n) is 12.0. The Kier molecular flexibility index (Phi) is 9.33. The molecule has 0 nitrogen and oxygen atoms in total. The predicted molar refractivity (Wildman–Crippen MR) is 194 cm³/mol. The molecule has 4 aromatic carbocycles. The van der Waals surface area contributed by atoms with Gasteiger partial charge in [-0.2, -0.15) is 0 Å². The van der Waals surface area contributed by atoms with Crippen LogP contribution in [0, 0.1) is 0 Å². The van der Waals surface area contributed by atoms with E-state index in [9.17, 15) is 0 Å². The zero-order chi connectivity index (χ0) is 30.8. The summed E-state index contributed by atoms with van der Waals surface area (Å²) in [7, 11) is 0. The third-order valence-corrected chi connectivity index (χ3v) is 60.4. The number of hydrogen-bond donors (Lipinski definition) is 0. The molecule has 0 N–H and O–H groups in total. The van der Waals surface area contributed by atoms with Gasteiger partial charge in [0, 0.05) is 0 Å². The van der Waals surface area contributed by atoms with E-state index >= 15 is 0 Å². The van der Waals surface area contributed by atoms with E-state index in [0.29, 0.717) is 7.25 Å². The van der Waals surface area contributed by atoms with Crippen LogP contribution in [0.2, 0.25) is 14.8 Å². The quantitative estimate of drug-likeness (QED) is 0.131. The molecule has 2 heteroatoms. The van der Waals surface area contributed by atoms with Gasteiger partial charge in [-0.25, -0.2) is 0 Å². The summed E-state index contributed by atoms with van der Waals surface area (Å²) >= 11 is -4.09. The van der Waals surface area contributed by atoms with E-state index in [0.717, 1.165) is 6.42 Å². The number of hydrogen-bond acceptors (Lipinski definition) is 0. The summed E-state index contributed by atoms with van der Waals surface area (Å²) < 4.78 is 4.15. The fraction of sp³-hybridized carbons (Fsp3) is 0.333. The molecular weight excluding hydrogens is 624 g/mol. The van der Waals surface area contributed by atoms with Gasteiger partial charge in [0.05, 0.1) is 0 Å². The molecule has 2 aliphatic rings. The fourth-order valence-electron chi connectivity index (χ4n) is 10.2. The minimum atomic E-state index is -4.09. The molecule has 0 radical (unpaired) electrons. The molecule has 0 saturated carbocycles. The molecule has 0 heterocycles. The topological polar surface area (TPSA) is 0 Å². The van der Waals surface area contributed by atoms with E-state index in [1.807, 2.05) is 0 Å². The first-order chi connectivity index (χ1) is 21.5. The molecule has 2 aliphatic carbocycles. The first kappa shape index (κ1) is 31.4. The van der Waals surface area contributed by atoms with Crippen molar-refractivity contribution in [3.63, 3.8) is 0 Å². The molecule has 3 atom stereocenters. The van der Waals surface area contributed by atoms with Gasteiger partial charge < -0.3 is 0 Å². The number of benzene rings is 4. The average molecular weight is 675 g/mol. The van der Waals surface area contributed by atoms with Gasteiger partial charge in [-0.1, -0.05) is 0 Å². The van der Waals surface area contributed by atoms with Gasteiger partial charge >= 0.3 is 271 Å². The van der Waals surface area contributed by atoms with Crippen LogP contribution >= 0.6 is 0 Å². The number of fused-ring (bicyclic) bond motifs is 2. The summed E-state index contributed by atoms with van der Waals surface area (Å²) in [5, 5.41) is 1.71. The summed E-state index contributed by atoms with van der Waals surface area (Å²) in [4.78, 5) is 0. The Balaban J connectivity index is 1.74. The zero-order valence-corrected chi connectivity index (χ0v) is 31.3. The van der Waals surface area contributed by atoms with Crippen LogP contribution in [0.15, 0.2) is 114 Å². The molecule has 0 amide bonds. The summed E-state index contributed by atoms with van der Waals surface area (Å²) in [6, 6.07) is 40.0. The summed E-state index contributed by atoms with van der Waals surface area (Å²) in [5.74, 6) is -1.49. The van der Waals surface area contributed by atoms with Crippen molar-refractivity contribution in [1.82, 2.24) is 0 Å². The van der Waals surface area contributed by atoms with Crippen molar-refractivity contribution in [2.45, 2.75) is 81.9 Å². The maximum absolute atomic E-state index is 4.09. The van der Waals surface area contributed by atoms with Crippen LogP contribution in [0.3, 0.4) is 0 Å². The third kappa shape index (κ3) is 4.96. The van der Waals surface area contributed by atoms with Crippen molar-refractivity contribution in [3.8, 4) is 11.1 Å². The Morgan fingerprint density at radius 2 is 1.25 bits per heavy atom. The van der Waals surface area contributed by atoms with E-state index < -0.39 is 23.9 Å². The van der Waals surface area contributed by atoms with Crippen molar-refractivity contribution >= 4 is 23.3 Å². The van der Waals surface area contributed by atoms with Crippen LogP contribution in [0.25, 0.3) is 23.3 Å². The summed E-state index contributed by atoms with van der Waals surface area (Å²) in [6.07, 6.45) is 11.7. The first-order valence-corrected chi connectivity index (χ1v) is 30.2. The van der Waals surface area contributed by atoms with Crippen molar-refractivity contribution in [3.05, 3.63) is 137 Å². The second kappa shape index (κ2) is 13.1. The molecular formula is C42H51SiZr. The molecule has 44 heavy (non-hydrogen) atoms. The van der Waals surface area contributed by atoms with Crippen LogP contribution in [0.5, 0.6) is 0 Å². The molecule has 0 aliphatic heterocycles. The molecule has 0 spiro atoms. The molecule has 0 fully saturated rings. The SMILES string of the molecule is CCC[CH2][Zr]([CH2]CCC)([CH]1C(CC)=Cc2ccccc21)([CH]1C(C)=Cc2c(-c3ccccc3)cccc21)[SiH](C)c1ccccc1. The molecule has 0 bridgehead atoms. The van der Waals surface area contributed by atoms with Gasteiger partial charge in [0.1, 0.15) is 0 Å². The molecule has 227 valence electrons. The standard InChI is InChI=1S/C16H13.C11H11.C7H9Si.2C4H9.Zr/c1-12-10-14-8-5-9-15(16(14)11-12)13-6-3-2-4-7-13;1-2-9-7-10-5-3-4-6-11(10)8-9;1-8-7-5-3-2-4-6-7;2*1-3-4-2;/h2-11H,1H3;3-8H,2H2,1H3;2-6,8H,1H3;2*1,3-4H2,2H3;. The van der Waals surface area contributed by atoms with E-state index in [1.54, 1.807) is 27.5 Å². The Labute approximate surface area is 269 Å². The minimum absolute atomic E-state index is 0.584. The molecule has 3 unspecified atom stereocenters. The van der Waals surface area contributed by atoms with E-state index in [1.165, 1.54) is 56.2 Å². The van der Waals surface area contributed by atoms with Gasteiger partial charge in [0.2, 0.25) is 0 Å². The average Bonchev–Trinajstić information content (AvgIpc) is 3.64. The maximum atomic E-state index is 2.84. The zero-order valence-electron chi connectivity index (χ0n) is 27.7. The summed E-state index contributed by atoms with van der Waals surface area (Å²) in [5.41, 5.74) is 12.5. The van der Waals surface area contributed by atoms with Crippen LogP contribution in [0.1, 0.15) is 89.3 Å². The van der Waals surface area contributed by atoms with Gasteiger partial charge in [-0.05, 0) is 0 Å². The van der Waals surface area contributed by atoms with Gasteiger partial charge in [-0.15, -0.1) is 0 Å². The second-order valence-electron chi connectivity index (χ2n) is 13.9. The first-order valence-electron chi connectivity index (χ1n) is 17.4. The van der Waals surface area contributed by atoms with Crippen LogP contribution in [-0.4, -0.2) is 5.92 Å². The van der Waals surface area contributed by atoms with Crippen molar-refractivity contribution in [2.24, 2.45) is 0 Å². The van der Waals surface area contributed by atoms with Crippen molar-refractivity contribution in [1.29, 1.82) is 0 Å². The molecule has 0 saturated heterocycles. The second-order valence-corrected chi connectivity index (χ2v) is 46.2. The van der Waals surface area contributed by atoms with Crippen molar-refractivity contribution in [2.75, 3.05) is 0 Å². The van der Waals surface area contributed by atoms with Crippen molar-refractivity contribution < 1.29 is 17.9 Å². The monoisotopic (exact) mass is 673 g/mol. The Bertz CT molecular complexity index is 1660. The molecule has 4 aromatic rings. The van der Waals surface area contributed by atoms with Crippen LogP contribution in [-0.2, 0) is 17.9 Å². The number of allylic oxidation sites excluding steroid dienone is 2. The predicted octanol–water partition coefficient (Wildman–Crippen LogP) is 11.7. The van der Waals surface area contributed by atoms with Gasteiger partial charge in [-0.3, -0.25) is 0 Å². The Morgan fingerprint density at radius 1 is 0.636 bits per heavy atom. The number of unbranched alkanes of at least 4 members (excludes halogenated alkanes) is 2. The fourth-order valence-corrected chi connectivity index (χ4v) is 64.1. The molecule has 0 aromatic heterocycles. The van der Waals surface area contributed by atoms with Crippen LogP contribution < -0.4 is 5.19 Å². The Hall–Kier alpha value is -2.54. The van der Waals surface area contributed by atoms with Crippen LogP contribution in [0.4, 0.5) is 0 Å². The normalized spacial score (nSPS) is 19.0. The van der Waals surface area contributed by atoms with Gasteiger partial charge in [0.15, 0.2) is 0 Å². The van der Waals surface area contributed by atoms with E-state index in [4.69, 9.17) is 0 Å². The summed E-state index contributed by atoms with van der Waals surface area (Å²) in [6.45, 7) is 12.7. The van der Waals surface area contributed by atoms with E-state index in [-0.39, 0.29) is 0 Å². The van der Waals surface area contributed by atoms with Gasteiger partial charge in [0.25, 0.3) is 0 Å².